The lowest BCUT2D eigenvalue weighted by molar-refractivity contribution is -0.171. The first kappa shape index (κ1) is 19.6. The quantitative estimate of drug-likeness (QED) is 0.408. The SMILES string of the molecule is COCO[C@H](c1ccccc1)[C@H]1OC(C)(C)O[C@@H]1C/C=C\C(=O)OC. The smallest absolute Gasteiger partial charge is 0.330 e. The highest BCUT2D eigenvalue weighted by atomic mass is 16.8. The zero-order valence-electron chi connectivity index (χ0n) is 15.1. The third-order valence-electron chi connectivity index (χ3n) is 3.84. The van der Waals surface area contributed by atoms with Crippen LogP contribution in [0.1, 0.15) is 31.9 Å². The lowest BCUT2D eigenvalue weighted by atomic mass is 9.98. The minimum Gasteiger partial charge on any atom is -0.466 e. The summed E-state index contributed by atoms with van der Waals surface area (Å²) in [7, 11) is 2.92. The molecular formula is C19H26O6. The fourth-order valence-corrected chi connectivity index (χ4v) is 2.83. The van der Waals surface area contributed by atoms with Crippen LogP contribution in [0.15, 0.2) is 42.5 Å². The van der Waals surface area contributed by atoms with E-state index in [0.29, 0.717) is 6.42 Å². The second kappa shape index (κ2) is 9.10. The molecular weight excluding hydrogens is 324 g/mol. The first-order valence-electron chi connectivity index (χ1n) is 8.22. The van der Waals surface area contributed by atoms with Gasteiger partial charge in [-0.3, -0.25) is 0 Å². The van der Waals surface area contributed by atoms with Crippen molar-refractivity contribution in [2.24, 2.45) is 0 Å². The van der Waals surface area contributed by atoms with Crippen LogP contribution >= 0.6 is 0 Å². The second-order valence-electron chi connectivity index (χ2n) is 6.20. The molecule has 6 nitrogen and oxygen atoms in total. The molecule has 0 aliphatic carbocycles. The van der Waals surface area contributed by atoms with E-state index in [1.165, 1.54) is 13.2 Å². The molecule has 2 rings (SSSR count). The highest BCUT2D eigenvalue weighted by Gasteiger charge is 2.45. The van der Waals surface area contributed by atoms with Gasteiger partial charge in [-0.05, 0) is 25.8 Å². The van der Waals surface area contributed by atoms with Gasteiger partial charge in [0.05, 0.1) is 13.2 Å². The molecule has 0 amide bonds. The zero-order chi connectivity index (χ0) is 18.3. The first-order valence-corrected chi connectivity index (χ1v) is 8.22. The van der Waals surface area contributed by atoms with E-state index >= 15 is 0 Å². The van der Waals surface area contributed by atoms with Crippen LogP contribution in [0.3, 0.4) is 0 Å². The van der Waals surface area contributed by atoms with Crippen molar-refractivity contribution >= 4 is 5.97 Å². The van der Waals surface area contributed by atoms with E-state index in [1.807, 2.05) is 44.2 Å². The molecule has 1 fully saturated rings. The number of carbonyl (C=O) groups is 1. The number of benzene rings is 1. The van der Waals surface area contributed by atoms with Crippen molar-refractivity contribution in [1.29, 1.82) is 0 Å². The molecule has 1 saturated heterocycles. The van der Waals surface area contributed by atoms with Crippen molar-refractivity contribution in [1.82, 2.24) is 0 Å². The Hall–Kier alpha value is -1.73. The van der Waals surface area contributed by atoms with Crippen LogP contribution in [0.25, 0.3) is 0 Å². The summed E-state index contributed by atoms with van der Waals surface area (Å²) in [4.78, 5) is 11.3. The lowest BCUT2D eigenvalue weighted by Crippen LogP contribution is -2.31. The van der Waals surface area contributed by atoms with Crippen molar-refractivity contribution in [2.45, 2.75) is 44.4 Å². The Morgan fingerprint density at radius 3 is 2.60 bits per heavy atom. The monoisotopic (exact) mass is 350 g/mol. The van der Waals surface area contributed by atoms with Gasteiger partial charge >= 0.3 is 5.97 Å². The molecule has 1 aromatic carbocycles. The maximum atomic E-state index is 11.3. The number of hydrogen-bond acceptors (Lipinski definition) is 6. The number of methoxy groups -OCH3 is 2. The van der Waals surface area contributed by atoms with Crippen LogP contribution in [-0.4, -0.2) is 45.0 Å². The Kier molecular flexibility index (Phi) is 7.13. The third-order valence-corrected chi connectivity index (χ3v) is 3.84. The van der Waals surface area contributed by atoms with Crippen LogP contribution in [0, 0.1) is 0 Å². The van der Waals surface area contributed by atoms with E-state index in [2.05, 4.69) is 4.74 Å². The molecule has 0 aromatic heterocycles. The van der Waals surface area contributed by atoms with Gasteiger partial charge in [-0.15, -0.1) is 0 Å². The maximum absolute atomic E-state index is 11.3. The average Bonchev–Trinajstić information content (AvgIpc) is 2.90. The molecule has 6 heteroatoms. The summed E-state index contributed by atoms with van der Waals surface area (Å²) in [6.45, 7) is 3.87. The Balaban J connectivity index is 2.19. The van der Waals surface area contributed by atoms with Gasteiger partial charge in [0.1, 0.15) is 19.0 Å². The van der Waals surface area contributed by atoms with Crippen molar-refractivity contribution in [3.8, 4) is 0 Å². The van der Waals surface area contributed by atoms with E-state index in [0.717, 1.165) is 5.56 Å². The fraction of sp³-hybridized carbons (Fsp3) is 0.526. The molecule has 0 unspecified atom stereocenters. The van der Waals surface area contributed by atoms with Crippen LogP contribution in [0.4, 0.5) is 0 Å². The minimum absolute atomic E-state index is 0.143. The molecule has 0 spiro atoms. The number of rotatable bonds is 8. The van der Waals surface area contributed by atoms with Gasteiger partial charge in [-0.1, -0.05) is 36.4 Å². The summed E-state index contributed by atoms with van der Waals surface area (Å²) in [6, 6.07) is 9.81. The standard InChI is InChI=1S/C19H26O6/c1-19(2)24-15(11-8-12-16(20)22-4)18(25-19)17(23-13-21-3)14-9-6-5-7-10-14/h5-10,12,15,17-18H,11,13H2,1-4H3/b12-8-/t15-,17-,18+/m1/s1. The number of esters is 1. The third kappa shape index (κ3) is 5.64. The van der Waals surface area contributed by atoms with Crippen LogP contribution < -0.4 is 0 Å². The Morgan fingerprint density at radius 1 is 1.24 bits per heavy atom. The van der Waals surface area contributed by atoms with Crippen molar-refractivity contribution in [3.05, 3.63) is 48.0 Å². The van der Waals surface area contributed by atoms with Crippen molar-refractivity contribution in [3.63, 3.8) is 0 Å². The molecule has 0 bridgehead atoms. The van der Waals surface area contributed by atoms with Gasteiger partial charge in [0.2, 0.25) is 0 Å². The predicted molar refractivity (Wildman–Crippen MR) is 91.7 cm³/mol. The highest BCUT2D eigenvalue weighted by molar-refractivity contribution is 5.81. The van der Waals surface area contributed by atoms with E-state index in [4.69, 9.17) is 18.9 Å². The van der Waals surface area contributed by atoms with Gasteiger partial charge in [-0.25, -0.2) is 4.79 Å². The molecule has 0 saturated carbocycles. The fourth-order valence-electron chi connectivity index (χ4n) is 2.83. The van der Waals surface area contributed by atoms with Gasteiger partial charge in [0.15, 0.2) is 5.79 Å². The normalized spacial score (nSPS) is 23.7. The summed E-state index contributed by atoms with van der Waals surface area (Å²) >= 11 is 0. The summed E-state index contributed by atoms with van der Waals surface area (Å²) in [5.41, 5.74) is 0.979. The van der Waals surface area contributed by atoms with Crippen LogP contribution in [-0.2, 0) is 28.5 Å². The summed E-state index contributed by atoms with van der Waals surface area (Å²) in [5.74, 6) is -1.14. The zero-order valence-corrected chi connectivity index (χ0v) is 15.1. The van der Waals surface area contributed by atoms with Crippen LogP contribution in [0.5, 0.6) is 0 Å². The van der Waals surface area contributed by atoms with E-state index in [9.17, 15) is 4.79 Å². The molecule has 1 aliphatic heterocycles. The molecule has 1 heterocycles. The van der Waals surface area contributed by atoms with Crippen LogP contribution in [0.2, 0.25) is 0 Å². The highest BCUT2D eigenvalue weighted by Crippen LogP contribution is 2.38. The van der Waals surface area contributed by atoms with Crippen molar-refractivity contribution < 1.29 is 28.5 Å². The predicted octanol–water partition coefficient (Wildman–Crippen LogP) is 2.99. The maximum Gasteiger partial charge on any atom is 0.330 e. The molecule has 3 atom stereocenters. The Labute approximate surface area is 148 Å². The molecule has 0 N–H and O–H groups in total. The lowest BCUT2D eigenvalue weighted by Gasteiger charge is -2.26. The van der Waals surface area contributed by atoms with Gasteiger partial charge < -0.3 is 23.7 Å². The largest absolute Gasteiger partial charge is 0.466 e. The van der Waals surface area contributed by atoms with Gasteiger partial charge in [-0.2, -0.15) is 0 Å². The summed E-state index contributed by atoms with van der Waals surface area (Å²) < 4.78 is 27.7. The van der Waals surface area contributed by atoms with Gasteiger partial charge in [0.25, 0.3) is 0 Å². The first-order chi connectivity index (χ1) is 12.0. The van der Waals surface area contributed by atoms with E-state index in [1.54, 1.807) is 13.2 Å². The minimum atomic E-state index is -0.738. The molecule has 1 aromatic rings. The number of ether oxygens (including phenoxy) is 5. The Morgan fingerprint density at radius 2 is 1.96 bits per heavy atom. The van der Waals surface area contributed by atoms with Crippen molar-refractivity contribution in [2.75, 3.05) is 21.0 Å². The number of carbonyl (C=O) groups excluding carboxylic acids is 1. The van der Waals surface area contributed by atoms with E-state index in [-0.39, 0.29) is 25.1 Å². The van der Waals surface area contributed by atoms with Gasteiger partial charge in [0, 0.05) is 13.2 Å². The molecule has 1 aliphatic rings. The summed E-state index contributed by atoms with van der Waals surface area (Å²) in [6.07, 6.45) is 2.67. The second-order valence-corrected chi connectivity index (χ2v) is 6.20. The molecule has 138 valence electrons. The molecule has 0 radical (unpaired) electrons. The number of hydrogen-bond donors (Lipinski definition) is 0. The Bertz CT molecular complexity index is 569. The average molecular weight is 350 g/mol. The topological polar surface area (TPSA) is 63.2 Å². The van der Waals surface area contributed by atoms with E-state index < -0.39 is 11.8 Å². The summed E-state index contributed by atoms with van der Waals surface area (Å²) in [5, 5.41) is 0. The molecule has 25 heavy (non-hydrogen) atoms.